The number of halogens is 2. The number of carbonyl (C=O) groups excluding carboxylic acids is 1. The number of methoxy groups -OCH3 is 1. The van der Waals surface area contributed by atoms with E-state index in [1.54, 1.807) is 62.6 Å². The molecular weight excluding hydrogens is 442 g/mol. The van der Waals surface area contributed by atoms with Crippen molar-refractivity contribution in [3.8, 4) is 5.75 Å². The van der Waals surface area contributed by atoms with Gasteiger partial charge in [-0.3, -0.25) is 14.8 Å². The Bertz CT molecular complexity index is 1220. The molecule has 1 saturated carbocycles. The van der Waals surface area contributed by atoms with Crippen molar-refractivity contribution in [2.24, 2.45) is 0 Å². The molecule has 7 nitrogen and oxygen atoms in total. The van der Waals surface area contributed by atoms with Crippen LogP contribution in [0.4, 0.5) is 8.78 Å². The number of aromatic nitrogens is 2. The van der Waals surface area contributed by atoms with E-state index in [1.165, 1.54) is 10.6 Å². The number of imidazole rings is 1. The molecule has 2 atom stereocenters. The fourth-order valence-electron chi connectivity index (χ4n) is 4.22. The fraction of sp³-hybridized carbons (Fsp3) is 0.320. The van der Waals surface area contributed by atoms with E-state index in [4.69, 9.17) is 14.9 Å². The lowest BCUT2D eigenvalue weighted by Gasteiger charge is -2.15. The number of fused-ring (bicyclic) bond motifs is 1. The highest BCUT2D eigenvalue weighted by Gasteiger charge is 2.28. The van der Waals surface area contributed by atoms with Crippen LogP contribution in [0.25, 0.3) is 16.7 Å². The number of ether oxygens (including phenoxy) is 2. The van der Waals surface area contributed by atoms with Gasteiger partial charge in [-0.25, -0.2) is 13.8 Å². The topological polar surface area (TPSA) is 89.2 Å². The van der Waals surface area contributed by atoms with Crippen LogP contribution < -0.4 is 10.1 Å². The van der Waals surface area contributed by atoms with Crippen molar-refractivity contribution in [1.82, 2.24) is 14.9 Å². The van der Waals surface area contributed by atoms with Gasteiger partial charge >= 0.3 is 0 Å². The maximum Gasteiger partial charge on any atom is 0.295 e. The monoisotopic (exact) mass is 468 g/mol. The Hall–Kier alpha value is -3.75. The van der Waals surface area contributed by atoms with Gasteiger partial charge in [-0.2, -0.15) is 0 Å². The quantitative estimate of drug-likeness (QED) is 0.369. The molecule has 0 saturated heterocycles. The fourth-order valence-corrected chi connectivity index (χ4v) is 4.22. The molecule has 34 heavy (non-hydrogen) atoms. The molecule has 0 bridgehead atoms. The number of hydrogen-bond donors (Lipinski definition) is 2. The van der Waals surface area contributed by atoms with E-state index in [9.17, 15) is 13.6 Å². The average Bonchev–Trinajstić information content (AvgIpc) is 3.43. The van der Waals surface area contributed by atoms with Crippen LogP contribution in [-0.2, 0) is 4.74 Å². The van der Waals surface area contributed by atoms with Crippen LogP contribution in [0.1, 0.15) is 48.8 Å². The highest BCUT2D eigenvalue weighted by atomic mass is 19.3. The second-order valence-electron chi connectivity index (χ2n) is 8.20. The van der Waals surface area contributed by atoms with Gasteiger partial charge < -0.3 is 14.8 Å². The van der Waals surface area contributed by atoms with Gasteiger partial charge in [0.25, 0.3) is 12.3 Å². The molecule has 1 amide bonds. The molecule has 0 unspecified atom stereocenters. The number of nitrogens with zero attached hydrogens (tertiary/aromatic N) is 2. The summed E-state index contributed by atoms with van der Waals surface area (Å²) in [7, 11) is 1.57. The summed E-state index contributed by atoms with van der Waals surface area (Å²) in [6.45, 7) is 1.64. The van der Waals surface area contributed by atoms with Crippen molar-refractivity contribution in [1.29, 1.82) is 5.41 Å². The van der Waals surface area contributed by atoms with Crippen LogP contribution in [0.2, 0.25) is 0 Å². The normalized spacial score (nSPS) is 18.3. The number of allylic oxidation sites excluding steroid dienone is 1. The molecule has 1 fully saturated rings. The molecule has 1 heterocycles. The number of hydrogen-bond acceptors (Lipinski definition) is 5. The molecule has 178 valence electrons. The number of rotatable bonds is 7. The first-order chi connectivity index (χ1) is 16.4. The number of para-hydroxylation sites is 2. The summed E-state index contributed by atoms with van der Waals surface area (Å²) in [4.78, 5) is 16.5. The van der Waals surface area contributed by atoms with Gasteiger partial charge in [-0.05, 0) is 56.2 Å². The van der Waals surface area contributed by atoms with Gasteiger partial charge in [0.2, 0.25) is 5.90 Å². The van der Waals surface area contributed by atoms with E-state index < -0.39 is 6.43 Å². The first kappa shape index (κ1) is 23.4. The maximum atomic E-state index is 13.6. The number of nitrogens with one attached hydrogen (secondary N) is 2. The van der Waals surface area contributed by atoms with Crippen molar-refractivity contribution in [3.05, 3.63) is 66.0 Å². The summed E-state index contributed by atoms with van der Waals surface area (Å²) >= 11 is 0. The molecular formula is C25H26F2N4O3. The summed E-state index contributed by atoms with van der Waals surface area (Å²) < 4.78 is 39.3. The van der Waals surface area contributed by atoms with E-state index in [-0.39, 0.29) is 29.8 Å². The molecule has 4 rings (SSSR count). The molecule has 1 aliphatic rings. The molecule has 1 aromatic heterocycles. The van der Waals surface area contributed by atoms with Crippen molar-refractivity contribution in [2.45, 2.75) is 44.8 Å². The Morgan fingerprint density at radius 3 is 2.65 bits per heavy atom. The van der Waals surface area contributed by atoms with Gasteiger partial charge in [0, 0.05) is 29.8 Å². The zero-order valence-corrected chi connectivity index (χ0v) is 18.9. The van der Waals surface area contributed by atoms with Gasteiger partial charge in [-0.1, -0.05) is 12.1 Å². The molecule has 0 aliphatic heterocycles. The lowest BCUT2D eigenvalue weighted by atomic mass is 10.1. The second kappa shape index (κ2) is 10.0. The molecule has 0 spiro atoms. The van der Waals surface area contributed by atoms with Crippen LogP contribution in [0.15, 0.2) is 54.6 Å². The minimum absolute atomic E-state index is 0.0690. The average molecular weight is 469 g/mol. The predicted molar refractivity (Wildman–Crippen MR) is 125 cm³/mol. The molecule has 2 N–H and O–H groups in total. The third-order valence-corrected chi connectivity index (χ3v) is 5.84. The SMILES string of the molecule is COc1ccc(C(=O)N[C@H]2CC[C@H](OC(=N)/C=C(\C)n3c(C(F)F)nc4ccccc43)C2)cc1. The lowest BCUT2D eigenvalue weighted by molar-refractivity contribution is 0.0934. The summed E-state index contributed by atoms with van der Waals surface area (Å²) in [6, 6.07) is 13.7. The van der Waals surface area contributed by atoms with Gasteiger partial charge in [0.1, 0.15) is 11.9 Å². The van der Waals surface area contributed by atoms with Crippen molar-refractivity contribution in [3.63, 3.8) is 0 Å². The predicted octanol–water partition coefficient (Wildman–Crippen LogP) is 5.19. The minimum Gasteiger partial charge on any atom is -0.497 e. The number of alkyl halides is 2. The van der Waals surface area contributed by atoms with Crippen LogP contribution in [0.5, 0.6) is 5.75 Å². The van der Waals surface area contributed by atoms with E-state index in [0.717, 1.165) is 6.42 Å². The zero-order chi connectivity index (χ0) is 24.2. The minimum atomic E-state index is -2.75. The van der Waals surface area contributed by atoms with Gasteiger partial charge in [0.15, 0.2) is 5.82 Å². The molecule has 1 aliphatic carbocycles. The Morgan fingerprint density at radius 1 is 1.21 bits per heavy atom. The Balaban J connectivity index is 1.38. The summed E-state index contributed by atoms with van der Waals surface area (Å²) in [5.74, 6) is 0.00953. The van der Waals surface area contributed by atoms with Crippen LogP contribution in [0.3, 0.4) is 0 Å². The maximum absolute atomic E-state index is 13.6. The van der Waals surface area contributed by atoms with Crippen LogP contribution in [0, 0.1) is 5.41 Å². The molecule has 2 aromatic carbocycles. The van der Waals surface area contributed by atoms with Crippen LogP contribution in [-0.4, -0.2) is 40.6 Å². The lowest BCUT2D eigenvalue weighted by Crippen LogP contribution is -2.33. The Kier molecular flexibility index (Phi) is 6.90. The summed E-state index contributed by atoms with van der Waals surface area (Å²) in [5.41, 5.74) is 1.96. The number of amides is 1. The summed E-state index contributed by atoms with van der Waals surface area (Å²) in [5, 5.41) is 11.2. The van der Waals surface area contributed by atoms with Gasteiger partial charge in [0.05, 0.1) is 18.1 Å². The van der Waals surface area contributed by atoms with Crippen molar-refractivity contribution in [2.75, 3.05) is 7.11 Å². The van der Waals surface area contributed by atoms with Crippen molar-refractivity contribution >= 4 is 28.5 Å². The Morgan fingerprint density at radius 2 is 1.94 bits per heavy atom. The van der Waals surface area contributed by atoms with Gasteiger partial charge in [-0.15, -0.1) is 0 Å². The first-order valence-corrected chi connectivity index (χ1v) is 11.0. The van der Waals surface area contributed by atoms with Crippen LogP contribution >= 0.6 is 0 Å². The third-order valence-electron chi connectivity index (χ3n) is 5.84. The van der Waals surface area contributed by atoms with E-state index >= 15 is 0 Å². The molecule has 3 aromatic rings. The highest BCUT2D eigenvalue weighted by molar-refractivity contribution is 5.94. The largest absolute Gasteiger partial charge is 0.497 e. The smallest absolute Gasteiger partial charge is 0.295 e. The Labute approximate surface area is 195 Å². The second-order valence-corrected chi connectivity index (χ2v) is 8.20. The number of benzene rings is 2. The third kappa shape index (κ3) is 5.08. The number of carbonyl (C=O) groups is 1. The van der Waals surface area contributed by atoms with Crippen molar-refractivity contribution < 1.29 is 23.0 Å². The van der Waals surface area contributed by atoms with E-state index in [1.807, 2.05) is 0 Å². The molecule has 9 heteroatoms. The van der Waals surface area contributed by atoms with E-state index in [2.05, 4.69) is 10.3 Å². The standard InChI is InChI=1S/C25H26F2N4O3/c1-15(31-21-6-4-3-5-20(21)30-24(31)23(26)27)13-22(28)34-19-12-9-17(14-19)29-25(32)16-7-10-18(33-2)11-8-16/h3-8,10-11,13,17,19,23,28H,9,12,14H2,1-2H3,(H,29,32)/b15-13+,28-22?/t17-,19-/m0/s1. The summed E-state index contributed by atoms with van der Waals surface area (Å²) in [6.07, 6.45) is 0.391. The zero-order valence-electron chi connectivity index (χ0n) is 18.9. The molecule has 0 radical (unpaired) electrons. The highest BCUT2D eigenvalue weighted by Crippen LogP contribution is 2.28. The first-order valence-electron chi connectivity index (χ1n) is 11.0. The van der Waals surface area contributed by atoms with E-state index in [0.29, 0.717) is 40.9 Å².